The number of rotatable bonds is 7. The van der Waals surface area contributed by atoms with Crippen LogP contribution in [-0.4, -0.2) is 38.0 Å². The van der Waals surface area contributed by atoms with E-state index in [1.165, 1.54) is 44.1 Å². The average Bonchev–Trinajstić information content (AvgIpc) is 2.62. The van der Waals surface area contributed by atoms with E-state index in [4.69, 9.17) is 0 Å². The van der Waals surface area contributed by atoms with Crippen LogP contribution < -0.4 is 5.32 Å². The summed E-state index contributed by atoms with van der Waals surface area (Å²) in [4.78, 5) is 12.6. The van der Waals surface area contributed by atoms with Crippen LogP contribution in [0.1, 0.15) is 24.7 Å². The van der Waals surface area contributed by atoms with Gasteiger partial charge >= 0.3 is 0 Å². The Labute approximate surface area is 164 Å². The molecule has 1 N–H and O–H groups in total. The van der Waals surface area contributed by atoms with Gasteiger partial charge in [-0.15, -0.1) is 11.8 Å². The fraction of sp³-hybridized carbons (Fsp3) is 0.316. The van der Waals surface area contributed by atoms with E-state index in [0.29, 0.717) is 11.3 Å². The number of carbonyl (C=O) groups is 1. The summed E-state index contributed by atoms with van der Waals surface area (Å²) >= 11 is 1.33. The molecule has 0 heterocycles. The fourth-order valence-corrected chi connectivity index (χ4v) is 4.52. The third kappa shape index (κ3) is 5.31. The molecule has 2 aromatic rings. The molecule has 27 heavy (non-hydrogen) atoms. The summed E-state index contributed by atoms with van der Waals surface area (Å²) in [7, 11) is -0.684. The van der Waals surface area contributed by atoms with Crippen LogP contribution in [0.5, 0.6) is 0 Å². The molecule has 0 saturated carbocycles. The molecule has 146 valence electrons. The van der Waals surface area contributed by atoms with Gasteiger partial charge < -0.3 is 5.32 Å². The fourth-order valence-electron chi connectivity index (χ4n) is 2.44. The molecule has 5 nitrogen and oxygen atoms in total. The Morgan fingerprint density at radius 2 is 1.78 bits per heavy atom. The number of carbonyl (C=O) groups excluding carboxylic acids is 1. The van der Waals surface area contributed by atoms with Crippen molar-refractivity contribution in [1.29, 1.82) is 0 Å². The Hall–Kier alpha value is -1.90. The average molecular weight is 411 g/mol. The molecule has 0 bridgehead atoms. The molecule has 0 aliphatic heterocycles. The zero-order valence-electron chi connectivity index (χ0n) is 15.6. The van der Waals surface area contributed by atoms with Crippen LogP contribution in [0.2, 0.25) is 0 Å². The number of nitrogens with one attached hydrogen (secondary N) is 1. The molecule has 0 saturated heterocycles. The van der Waals surface area contributed by atoms with Gasteiger partial charge in [0.15, 0.2) is 0 Å². The summed E-state index contributed by atoms with van der Waals surface area (Å²) in [6, 6.07) is 12.6. The van der Waals surface area contributed by atoms with Gasteiger partial charge in [-0.2, -0.15) is 0 Å². The molecule has 2 aromatic carbocycles. The summed E-state index contributed by atoms with van der Waals surface area (Å²) < 4.78 is 39.4. The zero-order chi connectivity index (χ0) is 20.2. The van der Waals surface area contributed by atoms with Crippen molar-refractivity contribution in [2.75, 3.05) is 19.4 Å². The van der Waals surface area contributed by atoms with Crippen LogP contribution in [0.25, 0.3) is 0 Å². The van der Waals surface area contributed by atoms with Gasteiger partial charge in [0.1, 0.15) is 5.82 Å². The number of anilines is 1. The van der Waals surface area contributed by atoms with Crippen LogP contribution in [0.4, 0.5) is 10.1 Å². The molecule has 0 spiro atoms. The lowest BCUT2D eigenvalue weighted by molar-refractivity contribution is -0.115. The molecule has 1 amide bonds. The Balaban J connectivity index is 2.08. The van der Waals surface area contributed by atoms with Crippen molar-refractivity contribution in [3.05, 3.63) is 59.9 Å². The monoisotopic (exact) mass is 410 g/mol. The van der Waals surface area contributed by atoms with E-state index >= 15 is 0 Å². The highest BCUT2D eigenvalue weighted by Gasteiger charge is 2.21. The molecule has 0 radical (unpaired) electrons. The number of amides is 1. The molecule has 0 aliphatic rings. The predicted octanol–water partition coefficient (Wildman–Crippen LogP) is 3.90. The topological polar surface area (TPSA) is 66.5 Å². The maximum atomic E-state index is 13.9. The minimum Gasteiger partial charge on any atom is -0.325 e. The molecule has 0 fully saturated rings. The maximum Gasteiger partial charge on any atom is 0.242 e. The van der Waals surface area contributed by atoms with E-state index < -0.39 is 15.3 Å². The number of sulfonamides is 1. The Morgan fingerprint density at radius 1 is 1.11 bits per heavy atom. The van der Waals surface area contributed by atoms with Crippen molar-refractivity contribution in [1.82, 2.24) is 4.31 Å². The maximum absolute atomic E-state index is 13.9. The summed E-state index contributed by atoms with van der Waals surface area (Å²) in [5, 5.41) is 2.08. The van der Waals surface area contributed by atoms with Gasteiger partial charge in [-0.3, -0.25) is 4.79 Å². The van der Waals surface area contributed by atoms with Crippen molar-refractivity contribution in [3.8, 4) is 0 Å². The number of nitrogens with zero attached hydrogens (tertiary/aromatic N) is 1. The number of halogens is 1. The van der Waals surface area contributed by atoms with Crippen molar-refractivity contribution in [3.63, 3.8) is 0 Å². The number of hydrogen-bond acceptors (Lipinski definition) is 4. The lowest BCUT2D eigenvalue weighted by atomic mass is 10.1. The largest absolute Gasteiger partial charge is 0.325 e. The first-order valence-corrected chi connectivity index (χ1v) is 10.7. The number of hydrogen-bond donors (Lipinski definition) is 1. The summed E-state index contributed by atoms with van der Waals surface area (Å²) in [5.74, 6) is -0.575. The van der Waals surface area contributed by atoms with Gasteiger partial charge in [-0.1, -0.05) is 24.3 Å². The highest BCUT2D eigenvalue weighted by molar-refractivity contribution is 8.00. The lowest BCUT2D eigenvalue weighted by Crippen LogP contribution is -2.24. The van der Waals surface area contributed by atoms with Crippen LogP contribution in [0, 0.1) is 5.82 Å². The van der Waals surface area contributed by atoms with E-state index in [-0.39, 0.29) is 21.9 Å². The van der Waals surface area contributed by atoms with E-state index in [2.05, 4.69) is 5.32 Å². The van der Waals surface area contributed by atoms with Gasteiger partial charge in [-0.25, -0.2) is 17.1 Å². The molecule has 2 unspecified atom stereocenters. The Bertz CT molecular complexity index is 917. The predicted molar refractivity (Wildman–Crippen MR) is 108 cm³/mol. The third-order valence-corrected chi connectivity index (χ3v) is 7.10. The molecule has 2 rings (SSSR count). The van der Waals surface area contributed by atoms with E-state index in [0.717, 1.165) is 4.31 Å². The van der Waals surface area contributed by atoms with Crippen LogP contribution in [0.15, 0.2) is 53.4 Å². The number of benzene rings is 2. The molecular formula is C19H23FN2O3S2. The van der Waals surface area contributed by atoms with Crippen LogP contribution >= 0.6 is 11.8 Å². The molecule has 8 heteroatoms. The van der Waals surface area contributed by atoms with Gasteiger partial charge in [-0.05, 0) is 38.1 Å². The van der Waals surface area contributed by atoms with E-state index in [9.17, 15) is 17.6 Å². The van der Waals surface area contributed by atoms with Gasteiger partial charge in [0.2, 0.25) is 15.9 Å². The second-order valence-corrected chi connectivity index (χ2v) is 10.1. The first-order chi connectivity index (χ1) is 12.6. The molecule has 0 aromatic heterocycles. The SMILES string of the molecule is CC(SC(C)c1ccccc1F)C(=O)Nc1cccc(S(=O)(=O)N(C)C)c1. The summed E-state index contributed by atoms with van der Waals surface area (Å²) in [6.07, 6.45) is 0. The smallest absolute Gasteiger partial charge is 0.242 e. The lowest BCUT2D eigenvalue weighted by Gasteiger charge is -2.18. The molecule has 2 atom stereocenters. The van der Waals surface area contributed by atoms with Gasteiger partial charge in [0.25, 0.3) is 0 Å². The Kier molecular flexibility index (Phi) is 7.02. The Morgan fingerprint density at radius 3 is 2.41 bits per heavy atom. The van der Waals surface area contributed by atoms with Gasteiger partial charge in [0, 0.05) is 30.6 Å². The quantitative estimate of drug-likeness (QED) is 0.752. The third-order valence-electron chi connectivity index (χ3n) is 4.00. The summed E-state index contributed by atoms with van der Waals surface area (Å²) in [6.45, 7) is 3.58. The summed E-state index contributed by atoms with van der Waals surface area (Å²) in [5.41, 5.74) is 0.940. The second-order valence-electron chi connectivity index (χ2n) is 6.25. The molecular weight excluding hydrogens is 387 g/mol. The van der Waals surface area contributed by atoms with Crippen molar-refractivity contribution >= 4 is 33.4 Å². The first kappa shape index (κ1) is 21.4. The number of thioether (sulfide) groups is 1. The second kappa shape index (κ2) is 8.86. The highest BCUT2D eigenvalue weighted by atomic mass is 32.2. The zero-order valence-corrected chi connectivity index (χ0v) is 17.3. The standard InChI is InChI=1S/C19H23FN2O3S2/c1-13(17-10-5-6-11-18(17)20)26-14(2)19(23)21-15-8-7-9-16(12-15)27(24,25)22(3)4/h5-14H,1-4H3,(H,21,23). The first-order valence-electron chi connectivity index (χ1n) is 8.36. The van der Waals surface area contributed by atoms with Crippen LogP contribution in [-0.2, 0) is 14.8 Å². The normalized spacial score (nSPS) is 14.0. The molecule has 0 aliphatic carbocycles. The van der Waals surface area contributed by atoms with E-state index in [1.807, 2.05) is 6.92 Å². The highest BCUT2D eigenvalue weighted by Crippen LogP contribution is 2.33. The van der Waals surface area contributed by atoms with Crippen molar-refractivity contribution in [2.45, 2.75) is 29.2 Å². The van der Waals surface area contributed by atoms with Crippen molar-refractivity contribution < 1.29 is 17.6 Å². The van der Waals surface area contributed by atoms with Crippen molar-refractivity contribution in [2.24, 2.45) is 0 Å². The van der Waals surface area contributed by atoms with E-state index in [1.54, 1.807) is 37.3 Å². The van der Waals surface area contributed by atoms with Gasteiger partial charge in [0.05, 0.1) is 10.1 Å². The van der Waals surface area contributed by atoms with Crippen LogP contribution in [0.3, 0.4) is 0 Å². The minimum atomic E-state index is -3.58. The minimum absolute atomic E-state index is 0.102.